The number of nitrogens with one attached hydrogen (secondary N) is 2. The van der Waals surface area contributed by atoms with E-state index in [9.17, 15) is 9.59 Å². The van der Waals surface area contributed by atoms with Gasteiger partial charge in [-0.25, -0.2) is 0 Å². The minimum Gasteiger partial charge on any atom is -0.490 e. The molecule has 0 radical (unpaired) electrons. The van der Waals surface area contributed by atoms with Crippen LogP contribution in [0.2, 0.25) is 0 Å². The SMILES string of the molecule is CN1CCC(Oc2ccc(NC(=O)[C@H]3CCCC[C@H]3C(=O)NC(C)(C)C)cc2)CC1. The van der Waals surface area contributed by atoms with Gasteiger partial charge in [0.25, 0.3) is 0 Å². The van der Waals surface area contributed by atoms with Crippen molar-refractivity contribution in [1.82, 2.24) is 10.2 Å². The van der Waals surface area contributed by atoms with Crippen LogP contribution in [-0.2, 0) is 9.59 Å². The lowest BCUT2D eigenvalue weighted by molar-refractivity contribution is -0.135. The molecule has 2 atom stereocenters. The van der Waals surface area contributed by atoms with Crippen molar-refractivity contribution in [3.05, 3.63) is 24.3 Å². The molecule has 1 saturated heterocycles. The molecule has 166 valence electrons. The number of rotatable bonds is 5. The predicted octanol–water partition coefficient (Wildman–Crippen LogP) is 3.82. The molecular formula is C24H37N3O3. The molecular weight excluding hydrogens is 378 g/mol. The quantitative estimate of drug-likeness (QED) is 0.767. The fraction of sp³-hybridized carbons (Fsp3) is 0.667. The van der Waals surface area contributed by atoms with Crippen molar-refractivity contribution in [3.63, 3.8) is 0 Å². The summed E-state index contributed by atoms with van der Waals surface area (Å²) < 4.78 is 6.08. The predicted molar refractivity (Wildman–Crippen MR) is 120 cm³/mol. The highest BCUT2D eigenvalue weighted by molar-refractivity contribution is 5.96. The van der Waals surface area contributed by atoms with Crippen LogP contribution >= 0.6 is 0 Å². The van der Waals surface area contributed by atoms with Gasteiger partial charge in [-0.2, -0.15) is 0 Å². The van der Waals surface area contributed by atoms with Crippen LogP contribution in [0.5, 0.6) is 5.75 Å². The number of carbonyl (C=O) groups excluding carboxylic acids is 2. The van der Waals surface area contributed by atoms with Gasteiger partial charge < -0.3 is 20.3 Å². The maximum atomic E-state index is 13.0. The first-order chi connectivity index (χ1) is 14.2. The van der Waals surface area contributed by atoms with Crippen molar-refractivity contribution in [2.45, 2.75) is 70.9 Å². The molecule has 30 heavy (non-hydrogen) atoms. The Morgan fingerprint density at radius 3 is 2.07 bits per heavy atom. The third kappa shape index (κ3) is 6.46. The molecule has 3 rings (SSSR count). The molecule has 1 aliphatic carbocycles. The summed E-state index contributed by atoms with van der Waals surface area (Å²) in [6.45, 7) is 8.03. The highest BCUT2D eigenvalue weighted by atomic mass is 16.5. The average Bonchev–Trinajstić information content (AvgIpc) is 2.70. The summed E-state index contributed by atoms with van der Waals surface area (Å²) in [6, 6.07) is 7.60. The van der Waals surface area contributed by atoms with Crippen LogP contribution in [0, 0.1) is 11.8 Å². The Morgan fingerprint density at radius 2 is 1.50 bits per heavy atom. The molecule has 1 aromatic rings. The Balaban J connectivity index is 1.56. The van der Waals surface area contributed by atoms with E-state index in [0.717, 1.165) is 63.1 Å². The number of nitrogens with zero attached hydrogens (tertiary/aromatic N) is 1. The Hall–Kier alpha value is -2.08. The van der Waals surface area contributed by atoms with Crippen LogP contribution < -0.4 is 15.4 Å². The molecule has 2 N–H and O–H groups in total. The molecule has 1 saturated carbocycles. The lowest BCUT2D eigenvalue weighted by Crippen LogP contribution is -2.48. The number of hydrogen-bond donors (Lipinski definition) is 2. The molecule has 2 fully saturated rings. The monoisotopic (exact) mass is 415 g/mol. The molecule has 1 aromatic carbocycles. The number of likely N-dealkylation sites (tertiary alicyclic amines) is 1. The molecule has 0 bridgehead atoms. The smallest absolute Gasteiger partial charge is 0.228 e. The number of anilines is 1. The highest BCUT2D eigenvalue weighted by Gasteiger charge is 2.36. The van der Waals surface area contributed by atoms with E-state index in [1.54, 1.807) is 0 Å². The van der Waals surface area contributed by atoms with Crippen molar-refractivity contribution in [2.75, 3.05) is 25.5 Å². The summed E-state index contributed by atoms with van der Waals surface area (Å²) in [7, 11) is 2.14. The number of amides is 2. The lowest BCUT2D eigenvalue weighted by Gasteiger charge is -2.32. The molecule has 1 aliphatic heterocycles. The molecule has 2 aliphatic rings. The first-order valence-electron chi connectivity index (χ1n) is 11.3. The van der Waals surface area contributed by atoms with Gasteiger partial charge in [-0.15, -0.1) is 0 Å². The third-order valence-corrected chi connectivity index (χ3v) is 6.03. The van der Waals surface area contributed by atoms with Crippen molar-refractivity contribution < 1.29 is 14.3 Å². The van der Waals surface area contributed by atoms with E-state index in [1.807, 2.05) is 45.0 Å². The summed E-state index contributed by atoms with van der Waals surface area (Å²) in [6.07, 6.45) is 5.83. The standard InChI is InChI=1S/C24H37N3O3/c1-24(2,3)26-23(29)21-8-6-5-7-20(21)22(28)25-17-9-11-18(12-10-17)30-19-13-15-27(4)16-14-19/h9-12,19-21H,5-8,13-16H2,1-4H3,(H,25,28)(H,26,29)/t20-,21+/m0/s1. The fourth-order valence-electron chi connectivity index (χ4n) is 4.37. The van der Waals surface area contributed by atoms with Gasteiger partial charge in [0.15, 0.2) is 0 Å². The summed E-state index contributed by atoms with van der Waals surface area (Å²) in [5.74, 6) is 0.223. The van der Waals surface area contributed by atoms with Gasteiger partial charge in [0, 0.05) is 36.2 Å². The van der Waals surface area contributed by atoms with Gasteiger partial charge in [0.2, 0.25) is 11.8 Å². The Kier molecular flexibility index (Phi) is 7.40. The normalized spacial score (nSPS) is 23.6. The minimum atomic E-state index is -0.293. The van der Waals surface area contributed by atoms with E-state index in [-0.39, 0.29) is 35.3 Å². The lowest BCUT2D eigenvalue weighted by atomic mass is 9.77. The maximum Gasteiger partial charge on any atom is 0.228 e. The summed E-state index contributed by atoms with van der Waals surface area (Å²) >= 11 is 0. The van der Waals surface area contributed by atoms with Crippen molar-refractivity contribution in [2.24, 2.45) is 11.8 Å². The fourth-order valence-corrected chi connectivity index (χ4v) is 4.37. The van der Waals surface area contributed by atoms with E-state index in [4.69, 9.17) is 4.74 Å². The van der Waals surface area contributed by atoms with E-state index in [2.05, 4.69) is 22.6 Å². The van der Waals surface area contributed by atoms with E-state index in [0.29, 0.717) is 0 Å². The van der Waals surface area contributed by atoms with Crippen LogP contribution in [0.1, 0.15) is 59.3 Å². The molecule has 1 heterocycles. The average molecular weight is 416 g/mol. The molecule has 0 unspecified atom stereocenters. The van der Waals surface area contributed by atoms with Gasteiger partial charge in [0.1, 0.15) is 11.9 Å². The molecule has 2 amide bonds. The van der Waals surface area contributed by atoms with Crippen LogP contribution in [0.15, 0.2) is 24.3 Å². The zero-order chi connectivity index (χ0) is 21.7. The van der Waals surface area contributed by atoms with Crippen LogP contribution in [-0.4, -0.2) is 48.5 Å². The second-order valence-corrected chi connectivity index (χ2v) is 9.87. The topological polar surface area (TPSA) is 70.7 Å². The van der Waals surface area contributed by atoms with Crippen LogP contribution in [0.4, 0.5) is 5.69 Å². The van der Waals surface area contributed by atoms with Gasteiger partial charge in [-0.05, 0) is 77.8 Å². The Labute approximate surface area is 180 Å². The summed E-state index contributed by atoms with van der Waals surface area (Å²) in [4.78, 5) is 28.0. The van der Waals surface area contributed by atoms with E-state index < -0.39 is 0 Å². The minimum absolute atomic E-state index is 0.00998. The largest absolute Gasteiger partial charge is 0.490 e. The zero-order valence-electron chi connectivity index (χ0n) is 18.9. The van der Waals surface area contributed by atoms with Crippen LogP contribution in [0.3, 0.4) is 0 Å². The third-order valence-electron chi connectivity index (χ3n) is 6.03. The second kappa shape index (κ2) is 9.82. The molecule has 0 aromatic heterocycles. The van der Waals surface area contributed by atoms with Crippen LogP contribution in [0.25, 0.3) is 0 Å². The van der Waals surface area contributed by atoms with E-state index >= 15 is 0 Å². The van der Waals surface area contributed by atoms with Gasteiger partial charge in [-0.1, -0.05) is 12.8 Å². The molecule has 0 spiro atoms. The van der Waals surface area contributed by atoms with Crippen molar-refractivity contribution >= 4 is 17.5 Å². The Morgan fingerprint density at radius 1 is 0.933 bits per heavy atom. The number of benzene rings is 1. The van der Waals surface area contributed by atoms with Crippen molar-refractivity contribution in [1.29, 1.82) is 0 Å². The van der Waals surface area contributed by atoms with Gasteiger partial charge in [-0.3, -0.25) is 9.59 Å². The number of carbonyl (C=O) groups is 2. The molecule has 6 nitrogen and oxygen atoms in total. The highest BCUT2D eigenvalue weighted by Crippen LogP contribution is 2.32. The zero-order valence-corrected chi connectivity index (χ0v) is 18.9. The Bertz CT molecular complexity index is 718. The van der Waals surface area contributed by atoms with Gasteiger partial charge >= 0.3 is 0 Å². The van der Waals surface area contributed by atoms with E-state index in [1.165, 1.54) is 0 Å². The number of hydrogen-bond acceptors (Lipinski definition) is 4. The number of ether oxygens (including phenoxy) is 1. The summed E-state index contributed by atoms with van der Waals surface area (Å²) in [5, 5.41) is 6.06. The maximum absolute atomic E-state index is 13.0. The second-order valence-electron chi connectivity index (χ2n) is 9.87. The first-order valence-corrected chi connectivity index (χ1v) is 11.3. The number of piperidine rings is 1. The van der Waals surface area contributed by atoms with Crippen molar-refractivity contribution in [3.8, 4) is 5.75 Å². The first kappa shape index (κ1) is 22.6. The van der Waals surface area contributed by atoms with Gasteiger partial charge in [0.05, 0.1) is 0 Å². The molecule has 6 heteroatoms. The summed E-state index contributed by atoms with van der Waals surface area (Å²) in [5.41, 5.74) is 0.454.